The van der Waals surface area contributed by atoms with Crippen LogP contribution in [0, 0.1) is 0 Å². The van der Waals surface area contributed by atoms with Gasteiger partial charge >= 0.3 is 5.97 Å². The first-order valence-corrected chi connectivity index (χ1v) is 8.69. The monoisotopic (exact) mass is 349 g/mol. The zero-order chi connectivity index (χ0) is 18.1. The summed E-state index contributed by atoms with van der Waals surface area (Å²) in [5.41, 5.74) is 2.60. The van der Waals surface area contributed by atoms with E-state index in [1.54, 1.807) is 11.8 Å². The first kappa shape index (κ1) is 16.3. The number of hydrogen-bond acceptors (Lipinski definition) is 4. The van der Waals surface area contributed by atoms with E-state index in [9.17, 15) is 9.59 Å². The number of rotatable bonds is 3. The van der Waals surface area contributed by atoms with Crippen molar-refractivity contribution in [2.45, 2.75) is 19.9 Å². The van der Waals surface area contributed by atoms with Gasteiger partial charge in [0.05, 0.1) is 13.2 Å². The molecule has 6 heteroatoms. The lowest BCUT2D eigenvalue weighted by Crippen LogP contribution is -2.36. The number of carbonyl (C=O) groups is 2. The minimum absolute atomic E-state index is 0.0385. The average Bonchev–Trinajstić information content (AvgIpc) is 3.10. The Kier molecular flexibility index (Phi) is 4.16. The molecule has 4 rings (SSSR count). The van der Waals surface area contributed by atoms with Crippen LogP contribution < -0.4 is 0 Å². The van der Waals surface area contributed by atoms with Gasteiger partial charge in [0.1, 0.15) is 0 Å². The summed E-state index contributed by atoms with van der Waals surface area (Å²) in [6, 6.07) is 13.6. The Morgan fingerprint density at radius 2 is 2.00 bits per heavy atom. The molecule has 1 aromatic heterocycles. The number of fused-ring (bicyclic) bond motifs is 2. The summed E-state index contributed by atoms with van der Waals surface area (Å²) in [6.07, 6.45) is 0.637. The van der Waals surface area contributed by atoms with E-state index in [0.717, 1.165) is 22.0 Å². The SMILES string of the molecule is CCOC(=O)c1n[nH]c2c1CN(C(=O)c1cccc3ccccc13)CC2. The van der Waals surface area contributed by atoms with Crippen LogP contribution in [-0.4, -0.2) is 40.1 Å². The number of aromatic nitrogens is 2. The van der Waals surface area contributed by atoms with Gasteiger partial charge in [-0.05, 0) is 23.8 Å². The smallest absolute Gasteiger partial charge is 0.359 e. The molecule has 3 aromatic rings. The van der Waals surface area contributed by atoms with Crippen LogP contribution in [0.15, 0.2) is 42.5 Å². The summed E-state index contributed by atoms with van der Waals surface area (Å²) < 4.78 is 5.07. The molecule has 0 aliphatic carbocycles. The third-order valence-electron chi connectivity index (χ3n) is 4.71. The second-order valence-electron chi connectivity index (χ2n) is 6.25. The number of aromatic amines is 1. The number of benzene rings is 2. The van der Waals surface area contributed by atoms with Gasteiger partial charge in [0, 0.05) is 29.8 Å². The van der Waals surface area contributed by atoms with E-state index in [2.05, 4.69) is 10.2 Å². The molecule has 6 nitrogen and oxygen atoms in total. The zero-order valence-corrected chi connectivity index (χ0v) is 14.5. The summed E-state index contributed by atoms with van der Waals surface area (Å²) in [6.45, 7) is 2.98. The summed E-state index contributed by atoms with van der Waals surface area (Å²) in [5.74, 6) is -0.493. The third-order valence-corrected chi connectivity index (χ3v) is 4.71. The second kappa shape index (κ2) is 6.63. The van der Waals surface area contributed by atoms with Crippen molar-refractivity contribution in [3.05, 3.63) is 65.0 Å². The lowest BCUT2D eigenvalue weighted by Gasteiger charge is -2.27. The summed E-state index contributed by atoms with van der Waals surface area (Å²) in [7, 11) is 0. The molecule has 0 radical (unpaired) electrons. The fourth-order valence-corrected chi connectivity index (χ4v) is 3.42. The van der Waals surface area contributed by atoms with Gasteiger partial charge in [0.15, 0.2) is 5.69 Å². The molecule has 0 bridgehead atoms. The number of nitrogens with one attached hydrogen (secondary N) is 1. The molecule has 2 heterocycles. The van der Waals surface area contributed by atoms with Crippen LogP contribution in [0.5, 0.6) is 0 Å². The van der Waals surface area contributed by atoms with Crippen molar-refractivity contribution in [2.75, 3.05) is 13.2 Å². The average molecular weight is 349 g/mol. The van der Waals surface area contributed by atoms with Crippen molar-refractivity contribution in [1.82, 2.24) is 15.1 Å². The zero-order valence-electron chi connectivity index (χ0n) is 14.5. The standard InChI is InChI=1S/C20H19N3O3/c1-2-26-20(25)18-16-12-23(11-10-17(16)21-22-18)19(24)15-9-5-7-13-6-3-4-8-14(13)15/h3-9H,2,10-12H2,1H3,(H,21,22). The number of esters is 1. The lowest BCUT2D eigenvalue weighted by molar-refractivity contribution is 0.0513. The van der Waals surface area contributed by atoms with Gasteiger partial charge in [-0.25, -0.2) is 4.79 Å². The molecule has 0 unspecified atom stereocenters. The van der Waals surface area contributed by atoms with Gasteiger partial charge in [-0.2, -0.15) is 5.10 Å². The van der Waals surface area contributed by atoms with Crippen LogP contribution in [-0.2, 0) is 17.7 Å². The molecular formula is C20H19N3O3. The van der Waals surface area contributed by atoms with Crippen LogP contribution in [0.3, 0.4) is 0 Å². The quantitative estimate of drug-likeness (QED) is 0.738. The highest BCUT2D eigenvalue weighted by Crippen LogP contribution is 2.25. The van der Waals surface area contributed by atoms with E-state index >= 15 is 0 Å². The highest BCUT2D eigenvalue weighted by molar-refractivity contribution is 6.07. The van der Waals surface area contributed by atoms with Gasteiger partial charge in [-0.15, -0.1) is 0 Å². The Morgan fingerprint density at radius 1 is 1.19 bits per heavy atom. The maximum atomic E-state index is 13.1. The van der Waals surface area contributed by atoms with E-state index in [4.69, 9.17) is 4.74 Å². The third kappa shape index (κ3) is 2.73. The first-order chi connectivity index (χ1) is 12.7. The van der Waals surface area contributed by atoms with Crippen molar-refractivity contribution in [2.24, 2.45) is 0 Å². The van der Waals surface area contributed by atoms with Gasteiger partial charge in [0.2, 0.25) is 0 Å². The molecule has 26 heavy (non-hydrogen) atoms. The summed E-state index contributed by atoms with van der Waals surface area (Å²) in [4.78, 5) is 27.0. The van der Waals surface area contributed by atoms with Crippen molar-refractivity contribution in [3.8, 4) is 0 Å². The molecule has 1 amide bonds. The van der Waals surface area contributed by atoms with E-state index in [0.29, 0.717) is 31.7 Å². The van der Waals surface area contributed by atoms with Crippen LogP contribution >= 0.6 is 0 Å². The molecule has 1 aliphatic rings. The number of ether oxygens (including phenoxy) is 1. The second-order valence-corrected chi connectivity index (χ2v) is 6.25. The number of nitrogens with zero attached hydrogens (tertiary/aromatic N) is 2. The molecule has 2 aromatic carbocycles. The van der Waals surface area contributed by atoms with Gasteiger partial charge in [0.25, 0.3) is 5.91 Å². The lowest BCUT2D eigenvalue weighted by atomic mass is 10.0. The fraction of sp³-hybridized carbons (Fsp3) is 0.250. The highest BCUT2D eigenvalue weighted by Gasteiger charge is 2.29. The first-order valence-electron chi connectivity index (χ1n) is 8.69. The van der Waals surface area contributed by atoms with Crippen molar-refractivity contribution in [1.29, 1.82) is 0 Å². The minimum Gasteiger partial charge on any atom is -0.461 e. The molecular weight excluding hydrogens is 330 g/mol. The Bertz CT molecular complexity index is 988. The van der Waals surface area contributed by atoms with E-state index < -0.39 is 5.97 Å². The predicted molar refractivity (Wildman–Crippen MR) is 96.9 cm³/mol. The van der Waals surface area contributed by atoms with Gasteiger partial charge in [-0.3, -0.25) is 9.89 Å². The van der Waals surface area contributed by atoms with E-state index in [1.807, 2.05) is 42.5 Å². The van der Waals surface area contributed by atoms with Crippen LogP contribution in [0.25, 0.3) is 10.8 Å². The number of hydrogen-bond donors (Lipinski definition) is 1. The molecule has 0 saturated heterocycles. The molecule has 1 N–H and O–H groups in total. The van der Waals surface area contributed by atoms with E-state index in [-0.39, 0.29) is 11.6 Å². The molecule has 132 valence electrons. The molecule has 0 spiro atoms. The Balaban J connectivity index is 1.65. The minimum atomic E-state index is -0.454. The largest absolute Gasteiger partial charge is 0.461 e. The Hall–Kier alpha value is -3.15. The fourth-order valence-electron chi connectivity index (χ4n) is 3.42. The normalized spacial score (nSPS) is 13.5. The van der Waals surface area contributed by atoms with Crippen molar-refractivity contribution >= 4 is 22.6 Å². The van der Waals surface area contributed by atoms with Crippen molar-refractivity contribution < 1.29 is 14.3 Å². The number of H-pyrrole nitrogens is 1. The summed E-state index contributed by atoms with van der Waals surface area (Å²) in [5, 5.41) is 8.97. The number of amides is 1. The van der Waals surface area contributed by atoms with Crippen molar-refractivity contribution in [3.63, 3.8) is 0 Å². The van der Waals surface area contributed by atoms with E-state index in [1.165, 1.54) is 0 Å². The topological polar surface area (TPSA) is 75.3 Å². The van der Waals surface area contributed by atoms with Gasteiger partial charge in [-0.1, -0.05) is 36.4 Å². The Labute approximate surface area is 150 Å². The molecule has 0 atom stereocenters. The molecule has 0 fully saturated rings. The number of carbonyl (C=O) groups excluding carboxylic acids is 2. The predicted octanol–water partition coefficient (Wildman–Crippen LogP) is 2.94. The maximum Gasteiger partial charge on any atom is 0.359 e. The maximum absolute atomic E-state index is 13.1. The summed E-state index contributed by atoms with van der Waals surface area (Å²) >= 11 is 0. The van der Waals surface area contributed by atoms with Gasteiger partial charge < -0.3 is 9.64 Å². The van der Waals surface area contributed by atoms with Crippen LogP contribution in [0.4, 0.5) is 0 Å². The van der Waals surface area contributed by atoms with Crippen LogP contribution in [0.1, 0.15) is 39.0 Å². The highest BCUT2D eigenvalue weighted by atomic mass is 16.5. The molecule has 0 saturated carbocycles. The Morgan fingerprint density at radius 3 is 2.85 bits per heavy atom. The molecule has 1 aliphatic heterocycles. The van der Waals surface area contributed by atoms with Crippen LogP contribution in [0.2, 0.25) is 0 Å².